The lowest BCUT2D eigenvalue weighted by Gasteiger charge is -2.06. The second-order valence-electron chi connectivity index (χ2n) is 4.22. The summed E-state index contributed by atoms with van der Waals surface area (Å²) in [6, 6.07) is 15.0. The van der Waals surface area contributed by atoms with E-state index in [1.165, 1.54) is 5.56 Å². The number of hydrogen-bond acceptors (Lipinski definition) is 2. The molecule has 0 aliphatic carbocycles. The van der Waals surface area contributed by atoms with Gasteiger partial charge in [-0.1, -0.05) is 29.8 Å². The first-order chi connectivity index (χ1) is 8.69. The highest BCUT2D eigenvalue weighted by atomic mass is 16.1. The molecule has 0 aliphatic rings. The van der Waals surface area contributed by atoms with Crippen molar-refractivity contribution in [3.8, 4) is 0 Å². The summed E-state index contributed by atoms with van der Waals surface area (Å²) in [5.41, 5.74) is 9.13. The molecule has 0 aliphatic heterocycles. The summed E-state index contributed by atoms with van der Waals surface area (Å²) in [5, 5.41) is 2.85. The van der Waals surface area contributed by atoms with Gasteiger partial charge in [0.1, 0.15) is 0 Å². The molecule has 0 aromatic heterocycles. The number of nitrogens with two attached hydrogens (primary N) is 1. The average Bonchev–Trinajstić information content (AvgIpc) is 2.41. The van der Waals surface area contributed by atoms with Gasteiger partial charge in [-0.3, -0.25) is 4.79 Å². The van der Waals surface area contributed by atoms with E-state index >= 15 is 0 Å². The maximum absolute atomic E-state index is 12.0. The predicted molar refractivity (Wildman–Crippen MR) is 73.5 cm³/mol. The molecule has 0 saturated heterocycles. The van der Waals surface area contributed by atoms with Crippen molar-refractivity contribution in [3.05, 3.63) is 65.2 Å². The summed E-state index contributed by atoms with van der Waals surface area (Å²) < 4.78 is 0. The Balaban J connectivity index is 2.09. The molecule has 0 radical (unpaired) electrons. The van der Waals surface area contributed by atoms with Gasteiger partial charge in [0.25, 0.3) is 5.91 Å². The van der Waals surface area contributed by atoms with Crippen LogP contribution in [0.2, 0.25) is 0 Å². The number of carbonyl (C=O) groups excluding carboxylic acids is 1. The van der Waals surface area contributed by atoms with Gasteiger partial charge in [-0.05, 0) is 36.8 Å². The van der Waals surface area contributed by atoms with Crippen LogP contribution < -0.4 is 11.1 Å². The van der Waals surface area contributed by atoms with E-state index in [-0.39, 0.29) is 5.91 Å². The fourth-order valence-electron chi connectivity index (χ4n) is 1.63. The number of anilines is 1. The summed E-state index contributed by atoms with van der Waals surface area (Å²) in [7, 11) is 0. The topological polar surface area (TPSA) is 55.1 Å². The molecule has 0 unspecified atom stereocenters. The average molecular weight is 240 g/mol. The smallest absolute Gasteiger partial charge is 0.255 e. The van der Waals surface area contributed by atoms with E-state index < -0.39 is 0 Å². The minimum Gasteiger partial charge on any atom is -0.326 e. The highest BCUT2D eigenvalue weighted by Crippen LogP contribution is 2.11. The van der Waals surface area contributed by atoms with Crippen molar-refractivity contribution >= 4 is 11.6 Å². The van der Waals surface area contributed by atoms with Crippen LogP contribution in [0.5, 0.6) is 0 Å². The van der Waals surface area contributed by atoms with E-state index in [0.717, 1.165) is 11.3 Å². The van der Waals surface area contributed by atoms with E-state index in [2.05, 4.69) is 5.32 Å². The normalized spacial score (nSPS) is 10.1. The minimum atomic E-state index is -0.109. The van der Waals surface area contributed by atoms with Crippen LogP contribution in [-0.4, -0.2) is 5.91 Å². The molecule has 2 aromatic rings. The molecule has 18 heavy (non-hydrogen) atoms. The third-order valence-electron chi connectivity index (χ3n) is 2.76. The molecule has 3 heteroatoms. The van der Waals surface area contributed by atoms with Crippen molar-refractivity contribution in [3.63, 3.8) is 0 Å². The molecule has 0 saturated carbocycles. The standard InChI is InChI=1S/C15H16N2O/c1-11-2-8-14(9-3-11)17-15(18)13-6-4-12(10-16)5-7-13/h2-9H,10,16H2,1H3,(H,17,18). The monoisotopic (exact) mass is 240 g/mol. The third-order valence-corrected chi connectivity index (χ3v) is 2.76. The molecule has 0 spiro atoms. The third kappa shape index (κ3) is 2.96. The Labute approximate surface area is 107 Å². The molecule has 0 fully saturated rings. The fourth-order valence-corrected chi connectivity index (χ4v) is 1.63. The molecule has 0 heterocycles. The Morgan fingerprint density at radius 2 is 1.67 bits per heavy atom. The molecule has 3 N–H and O–H groups in total. The largest absolute Gasteiger partial charge is 0.326 e. The van der Waals surface area contributed by atoms with E-state index in [1.54, 1.807) is 12.1 Å². The van der Waals surface area contributed by atoms with Crippen molar-refractivity contribution in [2.75, 3.05) is 5.32 Å². The maximum atomic E-state index is 12.0. The van der Waals surface area contributed by atoms with Crippen LogP contribution in [0.3, 0.4) is 0 Å². The zero-order chi connectivity index (χ0) is 13.0. The summed E-state index contributed by atoms with van der Waals surface area (Å²) >= 11 is 0. The second-order valence-corrected chi connectivity index (χ2v) is 4.22. The summed E-state index contributed by atoms with van der Waals surface area (Å²) in [6.45, 7) is 2.50. The highest BCUT2D eigenvalue weighted by molar-refractivity contribution is 6.04. The Morgan fingerprint density at radius 3 is 2.22 bits per heavy atom. The number of hydrogen-bond donors (Lipinski definition) is 2. The number of aryl methyl sites for hydroxylation is 1. The minimum absolute atomic E-state index is 0.109. The van der Waals surface area contributed by atoms with Crippen molar-refractivity contribution in [1.82, 2.24) is 0 Å². The summed E-state index contributed by atoms with van der Waals surface area (Å²) in [4.78, 5) is 12.0. The van der Waals surface area contributed by atoms with Crippen LogP contribution in [0.1, 0.15) is 21.5 Å². The van der Waals surface area contributed by atoms with Crippen LogP contribution in [-0.2, 0) is 6.54 Å². The van der Waals surface area contributed by atoms with Gasteiger partial charge in [-0.25, -0.2) is 0 Å². The summed E-state index contributed by atoms with van der Waals surface area (Å²) in [6.07, 6.45) is 0. The van der Waals surface area contributed by atoms with Crippen molar-refractivity contribution in [2.24, 2.45) is 5.73 Å². The van der Waals surface area contributed by atoms with E-state index in [9.17, 15) is 4.79 Å². The van der Waals surface area contributed by atoms with Gasteiger partial charge >= 0.3 is 0 Å². The van der Waals surface area contributed by atoms with Gasteiger partial charge in [0.2, 0.25) is 0 Å². The first-order valence-electron chi connectivity index (χ1n) is 5.86. The van der Waals surface area contributed by atoms with Gasteiger partial charge in [0, 0.05) is 17.8 Å². The predicted octanol–water partition coefficient (Wildman–Crippen LogP) is 2.71. The zero-order valence-corrected chi connectivity index (χ0v) is 10.3. The lowest BCUT2D eigenvalue weighted by atomic mass is 10.1. The lowest BCUT2D eigenvalue weighted by molar-refractivity contribution is 0.102. The van der Waals surface area contributed by atoms with Gasteiger partial charge in [0.15, 0.2) is 0 Å². The van der Waals surface area contributed by atoms with Crippen LogP contribution in [0.4, 0.5) is 5.69 Å². The van der Waals surface area contributed by atoms with Crippen molar-refractivity contribution in [1.29, 1.82) is 0 Å². The maximum Gasteiger partial charge on any atom is 0.255 e. The molecular weight excluding hydrogens is 224 g/mol. The first kappa shape index (κ1) is 12.3. The van der Waals surface area contributed by atoms with E-state index in [1.807, 2.05) is 43.3 Å². The van der Waals surface area contributed by atoms with Crippen molar-refractivity contribution < 1.29 is 4.79 Å². The number of amides is 1. The van der Waals surface area contributed by atoms with Crippen LogP contribution in [0.15, 0.2) is 48.5 Å². The Morgan fingerprint density at radius 1 is 1.06 bits per heavy atom. The fraction of sp³-hybridized carbons (Fsp3) is 0.133. The van der Waals surface area contributed by atoms with Gasteiger partial charge < -0.3 is 11.1 Å². The first-order valence-corrected chi connectivity index (χ1v) is 5.86. The SMILES string of the molecule is Cc1ccc(NC(=O)c2ccc(CN)cc2)cc1. The van der Waals surface area contributed by atoms with Gasteiger partial charge in [0.05, 0.1) is 0 Å². The molecule has 0 atom stereocenters. The molecule has 2 rings (SSSR count). The summed E-state index contributed by atoms with van der Waals surface area (Å²) in [5.74, 6) is -0.109. The van der Waals surface area contributed by atoms with Crippen LogP contribution in [0, 0.1) is 6.92 Å². The highest BCUT2D eigenvalue weighted by Gasteiger charge is 2.05. The molecule has 92 valence electrons. The number of rotatable bonds is 3. The molecule has 3 nitrogen and oxygen atoms in total. The van der Waals surface area contributed by atoms with Crippen LogP contribution >= 0.6 is 0 Å². The second kappa shape index (κ2) is 5.47. The Bertz CT molecular complexity index is 529. The van der Waals surface area contributed by atoms with Crippen LogP contribution in [0.25, 0.3) is 0 Å². The molecule has 2 aromatic carbocycles. The Kier molecular flexibility index (Phi) is 3.75. The van der Waals surface area contributed by atoms with E-state index in [4.69, 9.17) is 5.73 Å². The molecule has 0 bridgehead atoms. The number of benzene rings is 2. The van der Waals surface area contributed by atoms with E-state index in [0.29, 0.717) is 12.1 Å². The van der Waals surface area contributed by atoms with Gasteiger partial charge in [-0.15, -0.1) is 0 Å². The van der Waals surface area contributed by atoms with Crippen molar-refractivity contribution in [2.45, 2.75) is 13.5 Å². The quantitative estimate of drug-likeness (QED) is 0.866. The number of carbonyl (C=O) groups is 1. The molecular formula is C15H16N2O. The lowest BCUT2D eigenvalue weighted by Crippen LogP contribution is -2.11. The Hall–Kier alpha value is -2.13. The van der Waals surface area contributed by atoms with Gasteiger partial charge in [-0.2, -0.15) is 0 Å². The number of nitrogens with one attached hydrogen (secondary N) is 1. The zero-order valence-electron chi connectivity index (χ0n) is 10.3. The molecule has 1 amide bonds.